The van der Waals surface area contributed by atoms with Crippen LogP contribution in [0.3, 0.4) is 0 Å². The molecule has 1 saturated heterocycles. The van der Waals surface area contributed by atoms with Gasteiger partial charge in [-0.25, -0.2) is 4.18 Å². The first-order valence-electron chi connectivity index (χ1n) is 23.6. The highest BCUT2D eigenvalue weighted by atomic mass is 32.3. The van der Waals surface area contributed by atoms with Crippen LogP contribution in [0.15, 0.2) is 12.2 Å². The van der Waals surface area contributed by atoms with Crippen LogP contribution in [0, 0.1) is 0 Å². The molecule has 58 heavy (non-hydrogen) atoms. The van der Waals surface area contributed by atoms with Crippen molar-refractivity contribution >= 4 is 16.3 Å². The molecule has 13 heteroatoms. The second-order valence-electron chi connectivity index (χ2n) is 16.7. The Hall–Kier alpha value is -1.16. The van der Waals surface area contributed by atoms with Crippen molar-refractivity contribution in [2.75, 3.05) is 13.2 Å². The van der Waals surface area contributed by atoms with Crippen molar-refractivity contribution in [1.29, 1.82) is 0 Å². The number of carbonyl (C=O) groups is 1. The first-order chi connectivity index (χ1) is 28.0. The van der Waals surface area contributed by atoms with E-state index >= 15 is 0 Å². The van der Waals surface area contributed by atoms with Gasteiger partial charge in [0, 0.05) is 6.42 Å². The van der Waals surface area contributed by atoms with Crippen molar-refractivity contribution in [2.24, 2.45) is 0 Å². The van der Waals surface area contributed by atoms with Crippen molar-refractivity contribution in [3.05, 3.63) is 12.2 Å². The zero-order valence-corrected chi connectivity index (χ0v) is 37.4. The number of unbranched alkanes of at least 4 members (excludes halogenated alkanes) is 26. The quantitative estimate of drug-likeness (QED) is 0.0196. The zero-order chi connectivity index (χ0) is 42.7. The van der Waals surface area contributed by atoms with Crippen molar-refractivity contribution in [2.45, 2.75) is 256 Å². The fourth-order valence-corrected chi connectivity index (χ4v) is 8.14. The topological polar surface area (TPSA) is 192 Å². The molecule has 0 bridgehead atoms. The molecular formula is C45H87NO11S. The first kappa shape index (κ1) is 54.9. The fraction of sp³-hybridized carbons (Fsp3) is 0.933. The van der Waals surface area contributed by atoms with Gasteiger partial charge in [0.1, 0.15) is 24.4 Å². The summed E-state index contributed by atoms with van der Waals surface area (Å²) in [5.41, 5.74) is 0. The average Bonchev–Trinajstić information content (AvgIpc) is 3.19. The predicted molar refractivity (Wildman–Crippen MR) is 232 cm³/mol. The number of ether oxygens (including phenoxy) is 2. The van der Waals surface area contributed by atoms with Crippen molar-refractivity contribution in [3.63, 3.8) is 0 Å². The summed E-state index contributed by atoms with van der Waals surface area (Å²) >= 11 is 0. The summed E-state index contributed by atoms with van der Waals surface area (Å²) in [5, 5.41) is 44.8. The summed E-state index contributed by atoms with van der Waals surface area (Å²) in [7, 11) is -5.07. The third-order valence-electron chi connectivity index (χ3n) is 11.3. The van der Waals surface area contributed by atoms with E-state index in [4.69, 9.17) is 9.47 Å². The minimum absolute atomic E-state index is 0.239. The summed E-state index contributed by atoms with van der Waals surface area (Å²) in [6.45, 7) is 3.42. The molecule has 1 fully saturated rings. The third kappa shape index (κ3) is 29.2. The fourth-order valence-electron chi connectivity index (χ4n) is 7.63. The van der Waals surface area contributed by atoms with E-state index in [9.17, 15) is 38.2 Å². The monoisotopic (exact) mass is 850 g/mol. The van der Waals surface area contributed by atoms with Gasteiger partial charge in [-0.3, -0.25) is 9.35 Å². The number of nitrogens with one attached hydrogen (secondary N) is 1. The summed E-state index contributed by atoms with van der Waals surface area (Å²) in [5.74, 6) is -0.239. The Morgan fingerprint density at radius 1 is 0.672 bits per heavy atom. The van der Waals surface area contributed by atoms with Gasteiger partial charge in [0.05, 0.1) is 25.4 Å². The molecule has 0 saturated carbocycles. The van der Waals surface area contributed by atoms with E-state index in [0.29, 0.717) is 12.8 Å². The van der Waals surface area contributed by atoms with Crippen LogP contribution in [0.5, 0.6) is 0 Å². The van der Waals surface area contributed by atoms with Crippen LogP contribution in [-0.2, 0) is 28.9 Å². The molecule has 0 aromatic heterocycles. The molecular weight excluding hydrogens is 763 g/mol. The summed E-state index contributed by atoms with van der Waals surface area (Å²) in [6, 6.07) is -0.858. The molecule has 1 aliphatic heterocycles. The predicted octanol–water partition coefficient (Wildman–Crippen LogP) is 9.16. The summed E-state index contributed by atoms with van der Waals surface area (Å²) in [6.07, 6.45) is 30.7. The average molecular weight is 850 g/mol. The minimum atomic E-state index is -5.07. The standard InChI is InChI=1S/C45H87NO11S/c1-3-5-7-9-11-13-15-17-18-19-20-21-22-23-24-26-28-30-32-34-39(48)38(46-41(49)35-33-31-29-27-25-16-14-12-10-8-6-4-2)37-55-45-43(51)44(57-58(52,53)54)42(50)40(36-47)56-45/h12,14,38-40,42-45,47-48,50-51H,3-11,13,15-37H2,1-2H3,(H,46,49)(H,52,53,54)/b14-12-. The number of hydrogen-bond acceptors (Lipinski definition) is 10. The number of allylic oxidation sites excluding steroid dienone is 2. The SMILES string of the molecule is CCCCC/C=C\CCCCCCCC(=O)NC(COC1OC(CO)C(O)C(OS(=O)(=O)O)C1O)C(O)CCCCCCCCCCCCCCCCCCCCC. The molecule has 12 nitrogen and oxygen atoms in total. The lowest BCUT2D eigenvalue weighted by molar-refractivity contribution is -0.298. The molecule has 1 amide bonds. The third-order valence-corrected chi connectivity index (χ3v) is 11.8. The van der Waals surface area contributed by atoms with Crippen LogP contribution >= 0.6 is 0 Å². The van der Waals surface area contributed by atoms with E-state index in [0.717, 1.165) is 64.2 Å². The maximum absolute atomic E-state index is 13.0. The molecule has 0 aromatic carbocycles. The number of amides is 1. The van der Waals surface area contributed by atoms with E-state index < -0.39 is 59.9 Å². The van der Waals surface area contributed by atoms with Crippen LogP contribution in [0.1, 0.15) is 213 Å². The van der Waals surface area contributed by atoms with Gasteiger partial charge in [0.2, 0.25) is 5.91 Å². The van der Waals surface area contributed by atoms with E-state index in [1.165, 1.54) is 116 Å². The Labute approximate surface area is 353 Å². The molecule has 0 radical (unpaired) electrons. The maximum Gasteiger partial charge on any atom is 0.397 e. The van der Waals surface area contributed by atoms with Crippen LogP contribution < -0.4 is 5.32 Å². The zero-order valence-electron chi connectivity index (χ0n) is 36.6. The molecule has 0 aliphatic carbocycles. The largest absolute Gasteiger partial charge is 0.397 e. The van der Waals surface area contributed by atoms with Gasteiger partial charge in [-0.05, 0) is 38.5 Å². The number of carbonyl (C=O) groups excluding carboxylic acids is 1. The second kappa shape index (κ2) is 36.5. The van der Waals surface area contributed by atoms with Crippen LogP contribution in [0.2, 0.25) is 0 Å². The van der Waals surface area contributed by atoms with Gasteiger partial charge in [0.15, 0.2) is 6.29 Å². The van der Waals surface area contributed by atoms with E-state index in [1.807, 2.05) is 0 Å². The molecule has 0 aromatic rings. The molecule has 0 spiro atoms. The number of aliphatic hydroxyl groups excluding tert-OH is 4. The second-order valence-corrected chi connectivity index (χ2v) is 17.7. The molecule has 1 aliphatic rings. The van der Waals surface area contributed by atoms with Crippen LogP contribution in [0.25, 0.3) is 0 Å². The molecule has 344 valence electrons. The van der Waals surface area contributed by atoms with E-state index in [2.05, 4.69) is 35.5 Å². The number of aliphatic hydroxyl groups is 4. The van der Waals surface area contributed by atoms with Gasteiger partial charge >= 0.3 is 10.4 Å². The van der Waals surface area contributed by atoms with Gasteiger partial charge in [-0.1, -0.05) is 180 Å². The highest BCUT2D eigenvalue weighted by Gasteiger charge is 2.48. The Bertz CT molecular complexity index is 1090. The molecule has 7 atom stereocenters. The Kier molecular flexibility index (Phi) is 34.5. The normalized spacial score (nSPS) is 21.1. The first-order valence-corrected chi connectivity index (χ1v) is 24.9. The molecule has 7 unspecified atom stereocenters. The molecule has 1 heterocycles. The van der Waals surface area contributed by atoms with Gasteiger partial charge in [-0.15, -0.1) is 0 Å². The molecule has 6 N–H and O–H groups in total. The van der Waals surface area contributed by atoms with Crippen LogP contribution in [-0.4, -0.2) is 95.4 Å². The Balaban J connectivity index is 2.46. The highest BCUT2D eigenvalue weighted by molar-refractivity contribution is 7.80. The highest BCUT2D eigenvalue weighted by Crippen LogP contribution is 2.26. The van der Waals surface area contributed by atoms with E-state index in [1.54, 1.807) is 0 Å². The van der Waals surface area contributed by atoms with E-state index in [-0.39, 0.29) is 18.9 Å². The van der Waals surface area contributed by atoms with Crippen molar-refractivity contribution in [1.82, 2.24) is 5.32 Å². The van der Waals surface area contributed by atoms with Crippen LogP contribution in [0.4, 0.5) is 0 Å². The van der Waals surface area contributed by atoms with Crippen molar-refractivity contribution in [3.8, 4) is 0 Å². The minimum Gasteiger partial charge on any atom is -0.394 e. The number of rotatable bonds is 40. The van der Waals surface area contributed by atoms with Gasteiger partial charge in [0.25, 0.3) is 0 Å². The lowest BCUT2D eigenvalue weighted by Gasteiger charge is -2.41. The maximum atomic E-state index is 13.0. The Morgan fingerprint density at radius 3 is 1.59 bits per heavy atom. The summed E-state index contributed by atoms with van der Waals surface area (Å²) in [4.78, 5) is 13.0. The molecule has 1 rings (SSSR count). The number of hydrogen-bond donors (Lipinski definition) is 6. The summed E-state index contributed by atoms with van der Waals surface area (Å²) < 4.78 is 47.6. The lowest BCUT2D eigenvalue weighted by Crippen LogP contribution is -2.61. The lowest BCUT2D eigenvalue weighted by atomic mass is 9.99. The smallest absolute Gasteiger partial charge is 0.394 e. The van der Waals surface area contributed by atoms with Gasteiger partial charge < -0.3 is 35.2 Å². The van der Waals surface area contributed by atoms with Crippen molar-refractivity contribution < 1.29 is 51.8 Å². The van der Waals surface area contributed by atoms with Gasteiger partial charge in [-0.2, -0.15) is 8.42 Å². The Morgan fingerprint density at radius 2 is 1.10 bits per heavy atom.